The maximum Gasteiger partial charge on any atom is 0.243 e. The zero-order valence-corrected chi connectivity index (χ0v) is 20.0. The van der Waals surface area contributed by atoms with Crippen LogP contribution in [0.4, 0.5) is 5.69 Å². The smallest absolute Gasteiger partial charge is 0.243 e. The number of rotatable bonds is 4. The van der Waals surface area contributed by atoms with Crippen molar-refractivity contribution in [1.82, 2.24) is 9.21 Å². The Morgan fingerprint density at radius 2 is 1.66 bits per heavy atom. The third-order valence-electron chi connectivity index (χ3n) is 5.95. The maximum atomic E-state index is 13.6. The van der Waals surface area contributed by atoms with E-state index in [0.717, 1.165) is 16.8 Å². The number of para-hydroxylation sites is 1. The first-order valence-electron chi connectivity index (χ1n) is 11.1. The minimum Gasteiger partial charge on any atom is -0.339 e. The molecule has 1 fully saturated rings. The van der Waals surface area contributed by atoms with E-state index in [4.69, 9.17) is 5.26 Å². The minimum absolute atomic E-state index is 0.134. The van der Waals surface area contributed by atoms with E-state index >= 15 is 0 Å². The van der Waals surface area contributed by atoms with Crippen molar-refractivity contribution in [1.29, 1.82) is 10.5 Å². The molecule has 0 aromatic heterocycles. The molecule has 0 aliphatic carbocycles. The van der Waals surface area contributed by atoms with Crippen LogP contribution in [0.3, 0.4) is 0 Å². The lowest BCUT2D eigenvalue weighted by Gasteiger charge is -2.41. The molecule has 9 heteroatoms. The van der Waals surface area contributed by atoms with Crippen LogP contribution in [-0.4, -0.2) is 43.2 Å². The predicted octanol–water partition coefficient (Wildman–Crippen LogP) is 3.86. The fourth-order valence-electron chi connectivity index (χ4n) is 4.09. The van der Waals surface area contributed by atoms with Crippen LogP contribution in [0.15, 0.2) is 88.8 Å². The zero-order chi connectivity index (χ0) is 24.8. The summed E-state index contributed by atoms with van der Waals surface area (Å²) in [6.45, 7) is 2.81. The van der Waals surface area contributed by atoms with Crippen molar-refractivity contribution >= 4 is 21.7 Å². The van der Waals surface area contributed by atoms with Crippen molar-refractivity contribution in [2.45, 2.75) is 17.9 Å². The Hall–Kier alpha value is -4.18. The van der Waals surface area contributed by atoms with Crippen LogP contribution in [0.25, 0.3) is 0 Å². The number of piperazine rings is 1. The number of benzene rings is 3. The molecule has 0 saturated carbocycles. The summed E-state index contributed by atoms with van der Waals surface area (Å²) in [4.78, 5) is 6.05. The van der Waals surface area contributed by atoms with E-state index in [1.54, 1.807) is 0 Å². The lowest BCUT2D eigenvalue weighted by molar-refractivity contribution is 0.194. The minimum atomic E-state index is -3.84. The highest BCUT2D eigenvalue weighted by molar-refractivity contribution is 7.89. The van der Waals surface area contributed by atoms with Gasteiger partial charge in [-0.05, 0) is 48.4 Å². The van der Waals surface area contributed by atoms with Gasteiger partial charge in [0.25, 0.3) is 0 Å². The molecule has 0 spiro atoms. The lowest BCUT2D eigenvalue weighted by atomic mass is 10.0. The number of nitrogens with one attached hydrogen (secondary N) is 1. The summed E-state index contributed by atoms with van der Waals surface area (Å²) in [7, 11) is -3.84. The van der Waals surface area contributed by atoms with Gasteiger partial charge in [-0.15, -0.1) is 4.99 Å². The molecule has 0 amide bonds. The van der Waals surface area contributed by atoms with E-state index in [9.17, 15) is 13.7 Å². The third-order valence-corrected chi connectivity index (χ3v) is 7.87. The Morgan fingerprint density at radius 3 is 2.31 bits per heavy atom. The first-order valence-corrected chi connectivity index (χ1v) is 12.5. The Morgan fingerprint density at radius 1 is 0.971 bits per heavy atom. The molecule has 4 rings (SSSR count). The molecule has 0 bridgehead atoms. The van der Waals surface area contributed by atoms with E-state index in [1.807, 2.05) is 78.7 Å². The average Bonchev–Trinajstić information content (AvgIpc) is 2.90. The summed E-state index contributed by atoms with van der Waals surface area (Å²) < 4.78 is 28.8. The summed E-state index contributed by atoms with van der Waals surface area (Å²) >= 11 is 0. The van der Waals surface area contributed by atoms with E-state index in [0.29, 0.717) is 24.6 Å². The van der Waals surface area contributed by atoms with Crippen molar-refractivity contribution < 1.29 is 8.42 Å². The van der Waals surface area contributed by atoms with Crippen LogP contribution in [-0.2, 0) is 10.0 Å². The van der Waals surface area contributed by atoms with Crippen LogP contribution in [0.5, 0.6) is 0 Å². The SMILES string of the molecule is Cc1ccccc1N/C(=N/C#N)N1CCN(S(=O)(=O)c2ccc(C#N)cc2)C(c2ccccc2)C1. The van der Waals surface area contributed by atoms with Crippen LogP contribution in [0.1, 0.15) is 22.7 Å². The number of nitrogens with zero attached hydrogens (tertiary/aromatic N) is 5. The van der Waals surface area contributed by atoms with Gasteiger partial charge in [-0.1, -0.05) is 48.5 Å². The summed E-state index contributed by atoms with van der Waals surface area (Å²) in [5.41, 5.74) is 3.06. The second-order valence-corrected chi connectivity index (χ2v) is 9.99. The summed E-state index contributed by atoms with van der Waals surface area (Å²) in [6, 6.07) is 24.5. The van der Waals surface area contributed by atoms with Gasteiger partial charge in [0, 0.05) is 25.3 Å². The Kier molecular flexibility index (Phi) is 7.11. The topological polar surface area (TPSA) is 113 Å². The Balaban J connectivity index is 1.68. The number of guanidine groups is 1. The second-order valence-electron chi connectivity index (χ2n) is 8.10. The molecular weight excluding hydrogens is 460 g/mol. The first kappa shape index (κ1) is 24.0. The molecule has 8 nitrogen and oxygen atoms in total. The molecule has 0 radical (unpaired) electrons. The number of aryl methyl sites for hydroxylation is 1. The molecule has 1 atom stereocenters. The normalized spacial score (nSPS) is 16.8. The standard InChI is InChI=1S/C26H24N6O2S/c1-20-7-5-6-10-24(20)30-26(29-19-28)31-15-16-32(25(18-31)22-8-3-2-4-9-22)35(33,34)23-13-11-21(17-27)12-14-23/h2-14,25H,15-16,18H2,1H3,(H,29,30). The largest absolute Gasteiger partial charge is 0.339 e. The van der Waals surface area contributed by atoms with Crippen molar-refractivity contribution in [2.24, 2.45) is 4.99 Å². The Bertz CT molecular complexity index is 1410. The van der Waals surface area contributed by atoms with Crippen molar-refractivity contribution in [2.75, 3.05) is 25.0 Å². The van der Waals surface area contributed by atoms with E-state index in [2.05, 4.69) is 10.3 Å². The van der Waals surface area contributed by atoms with Gasteiger partial charge in [0.1, 0.15) is 0 Å². The van der Waals surface area contributed by atoms with Crippen molar-refractivity contribution in [3.05, 3.63) is 95.6 Å². The molecule has 1 N–H and O–H groups in total. The van der Waals surface area contributed by atoms with Crippen LogP contribution < -0.4 is 5.32 Å². The molecular formula is C26H24N6O2S. The number of nitriles is 2. The van der Waals surface area contributed by atoms with Crippen LogP contribution >= 0.6 is 0 Å². The fraction of sp³-hybridized carbons (Fsp3) is 0.192. The molecule has 1 saturated heterocycles. The summed E-state index contributed by atoms with van der Waals surface area (Å²) in [5, 5.41) is 21.6. The number of hydrogen-bond acceptors (Lipinski definition) is 5. The van der Waals surface area contributed by atoms with E-state index in [1.165, 1.54) is 28.6 Å². The van der Waals surface area contributed by atoms with Gasteiger partial charge in [-0.2, -0.15) is 14.8 Å². The fourth-order valence-corrected chi connectivity index (χ4v) is 5.68. The van der Waals surface area contributed by atoms with Crippen molar-refractivity contribution in [3.8, 4) is 12.3 Å². The van der Waals surface area contributed by atoms with Gasteiger partial charge < -0.3 is 10.2 Å². The molecule has 1 heterocycles. The van der Waals surface area contributed by atoms with Gasteiger partial charge in [0.15, 0.2) is 0 Å². The summed E-state index contributed by atoms with van der Waals surface area (Å²) in [5.74, 6) is 0.373. The zero-order valence-electron chi connectivity index (χ0n) is 19.2. The van der Waals surface area contributed by atoms with Crippen LogP contribution in [0, 0.1) is 29.7 Å². The van der Waals surface area contributed by atoms with Gasteiger partial charge in [0.05, 0.1) is 22.6 Å². The number of sulfonamides is 1. The Labute approximate surface area is 205 Å². The van der Waals surface area contributed by atoms with E-state index < -0.39 is 16.1 Å². The molecule has 3 aromatic rings. The molecule has 1 aliphatic heterocycles. The molecule has 1 unspecified atom stereocenters. The molecule has 3 aromatic carbocycles. The predicted molar refractivity (Wildman–Crippen MR) is 134 cm³/mol. The quantitative estimate of drug-likeness (QED) is 0.342. The maximum absolute atomic E-state index is 13.6. The number of aliphatic imine (C=N–C) groups is 1. The highest BCUT2D eigenvalue weighted by Crippen LogP contribution is 2.32. The molecule has 1 aliphatic rings. The second kappa shape index (κ2) is 10.4. The van der Waals surface area contributed by atoms with Gasteiger partial charge >= 0.3 is 0 Å². The lowest BCUT2D eigenvalue weighted by Crippen LogP contribution is -2.53. The highest BCUT2D eigenvalue weighted by Gasteiger charge is 2.38. The average molecular weight is 485 g/mol. The van der Waals surface area contributed by atoms with Crippen molar-refractivity contribution in [3.63, 3.8) is 0 Å². The number of hydrogen-bond donors (Lipinski definition) is 1. The molecule has 176 valence electrons. The third kappa shape index (κ3) is 5.17. The van der Waals surface area contributed by atoms with Gasteiger partial charge in [-0.25, -0.2) is 8.42 Å². The summed E-state index contributed by atoms with van der Waals surface area (Å²) in [6.07, 6.45) is 1.86. The first-order chi connectivity index (χ1) is 16.9. The van der Waals surface area contributed by atoms with Crippen LogP contribution in [0.2, 0.25) is 0 Å². The van der Waals surface area contributed by atoms with Gasteiger partial charge in [-0.3, -0.25) is 0 Å². The van der Waals surface area contributed by atoms with Gasteiger partial charge in [0.2, 0.25) is 22.2 Å². The van der Waals surface area contributed by atoms with E-state index in [-0.39, 0.29) is 11.4 Å². The molecule has 35 heavy (non-hydrogen) atoms. The monoisotopic (exact) mass is 484 g/mol. The number of anilines is 1. The highest BCUT2D eigenvalue weighted by atomic mass is 32.2.